The van der Waals surface area contributed by atoms with Crippen LogP contribution in [-0.4, -0.2) is 54.1 Å². The van der Waals surface area contributed by atoms with Crippen molar-refractivity contribution in [2.24, 2.45) is 5.73 Å². The lowest BCUT2D eigenvalue weighted by Crippen LogP contribution is -2.48. The van der Waals surface area contributed by atoms with Crippen molar-refractivity contribution in [3.05, 3.63) is 35.9 Å². The van der Waals surface area contributed by atoms with E-state index in [1.165, 1.54) is 0 Å². The highest BCUT2D eigenvalue weighted by Crippen LogP contribution is 2.09. The summed E-state index contributed by atoms with van der Waals surface area (Å²) in [6.07, 6.45) is 1.28. The van der Waals surface area contributed by atoms with E-state index in [0.717, 1.165) is 5.56 Å². The van der Waals surface area contributed by atoms with Crippen LogP contribution in [0, 0.1) is 0 Å². The van der Waals surface area contributed by atoms with Crippen molar-refractivity contribution in [2.45, 2.75) is 37.4 Å². The van der Waals surface area contributed by atoms with Gasteiger partial charge in [0.05, 0.1) is 12.6 Å². The maximum absolute atomic E-state index is 12.3. The van der Waals surface area contributed by atoms with Gasteiger partial charge < -0.3 is 26.8 Å². The van der Waals surface area contributed by atoms with Crippen LogP contribution in [0.5, 0.6) is 0 Å². The highest BCUT2D eigenvalue weighted by atomic mass is 16.4. The second-order valence-corrected chi connectivity index (χ2v) is 6.09. The molecule has 136 valence electrons. The zero-order valence-corrected chi connectivity index (χ0v) is 13.9. The number of benzene rings is 1. The number of carbonyl (C=O) groups is 3. The molecule has 3 atom stereocenters. The summed E-state index contributed by atoms with van der Waals surface area (Å²) in [6.45, 7) is 0.347. The van der Waals surface area contributed by atoms with Crippen molar-refractivity contribution < 1.29 is 19.5 Å². The van der Waals surface area contributed by atoms with Gasteiger partial charge in [-0.25, -0.2) is 4.79 Å². The summed E-state index contributed by atoms with van der Waals surface area (Å²) >= 11 is 0. The molecule has 0 radical (unpaired) electrons. The van der Waals surface area contributed by atoms with Gasteiger partial charge in [-0.2, -0.15) is 0 Å². The number of hydrogen-bond donors (Lipinski definition) is 5. The SMILES string of the molecule is NCC(=O)N[C@H]1CN[C@H](C(=O)N[C@H](CCc2ccccc2)C(=O)O)C1. The fourth-order valence-corrected chi connectivity index (χ4v) is 2.82. The molecule has 0 aliphatic carbocycles. The van der Waals surface area contributed by atoms with Gasteiger partial charge in [-0.15, -0.1) is 0 Å². The van der Waals surface area contributed by atoms with E-state index in [2.05, 4.69) is 16.0 Å². The number of nitrogens with one attached hydrogen (secondary N) is 3. The van der Waals surface area contributed by atoms with Crippen LogP contribution < -0.4 is 21.7 Å². The molecule has 25 heavy (non-hydrogen) atoms. The highest BCUT2D eigenvalue weighted by Gasteiger charge is 2.32. The Hall–Kier alpha value is -2.45. The predicted octanol–water partition coefficient (Wildman–Crippen LogP) is -1.01. The summed E-state index contributed by atoms with van der Waals surface area (Å²) in [5, 5.41) is 17.6. The molecule has 2 amide bonds. The van der Waals surface area contributed by atoms with Gasteiger partial charge in [-0.3, -0.25) is 9.59 Å². The molecule has 1 aromatic carbocycles. The molecule has 8 nitrogen and oxygen atoms in total. The Morgan fingerprint density at radius 2 is 2.00 bits per heavy atom. The van der Waals surface area contributed by atoms with Crippen LogP contribution in [0.3, 0.4) is 0 Å². The van der Waals surface area contributed by atoms with Crippen LogP contribution in [-0.2, 0) is 20.8 Å². The first-order chi connectivity index (χ1) is 12.0. The van der Waals surface area contributed by atoms with Gasteiger partial charge in [0, 0.05) is 12.6 Å². The topological polar surface area (TPSA) is 134 Å². The van der Waals surface area contributed by atoms with E-state index < -0.39 is 18.1 Å². The lowest BCUT2D eigenvalue weighted by atomic mass is 10.0. The van der Waals surface area contributed by atoms with Gasteiger partial charge >= 0.3 is 5.97 Å². The van der Waals surface area contributed by atoms with E-state index in [1.807, 2.05) is 30.3 Å². The van der Waals surface area contributed by atoms with Crippen LogP contribution in [0.15, 0.2) is 30.3 Å². The molecule has 8 heteroatoms. The average molecular weight is 348 g/mol. The molecule has 0 spiro atoms. The van der Waals surface area contributed by atoms with Crippen LogP contribution in [0.1, 0.15) is 18.4 Å². The van der Waals surface area contributed by atoms with Crippen LogP contribution in [0.25, 0.3) is 0 Å². The van der Waals surface area contributed by atoms with Crippen molar-refractivity contribution in [1.29, 1.82) is 0 Å². The number of carboxylic acid groups (broad SMARTS) is 1. The van der Waals surface area contributed by atoms with Crippen molar-refractivity contribution in [3.8, 4) is 0 Å². The quantitative estimate of drug-likeness (QED) is 0.409. The lowest BCUT2D eigenvalue weighted by molar-refractivity contribution is -0.142. The first-order valence-corrected chi connectivity index (χ1v) is 8.29. The van der Waals surface area contributed by atoms with Gasteiger partial charge in [0.2, 0.25) is 11.8 Å². The Bertz CT molecular complexity index is 608. The minimum absolute atomic E-state index is 0.103. The van der Waals surface area contributed by atoms with Gasteiger partial charge in [-0.1, -0.05) is 30.3 Å². The van der Waals surface area contributed by atoms with Crippen molar-refractivity contribution >= 4 is 17.8 Å². The number of hydrogen-bond acceptors (Lipinski definition) is 5. The third-order valence-electron chi connectivity index (χ3n) is 4.18. The second kappa shape index (κ2) is 9.14. The van der Waals surface area contributed by atoms with E-state index in [0.29, 0.717) is 25.8 Å². The molecule has 1 saturated heterocycles. The molecule has 1 fully saturated rings. The zero-order valence-electron chi connectivity index (χ0n) is 13.9. The predicted molar refractivity (Wildman–Crippen MR) is 91.7 cm³/mol. The van der Waals surface area contributed by atoms with Gasteiger partial charge in [0.1, 0.15) is 6.04 Å². The first kappa shape index (κ1) is 18.9. The zero-order chi connectivity index (χ0) is 18.2. The minimum atomic E-state index is -1.06. The summed E-state index contributed by atoms with van der Waals surface area (Å²) < 4.78 is 0. The Morgan fingerprint density at radius 1 is 1.28 bits per heavy atom. The molecule has 1 aromatic rings. The van der Waals surface area contributed by atoms with Crippen molar-refractivity contribution in [1.82, 2.24) is 16.0 Å². The molecule has 0 aromatic heterocycles. The third kappa shape index (κ3) is 5.84. The summed E-state index contributed by atoms with van der Waals surface area (Å²) in [4.78, 5) is 35.0. The van der Waals surface area contributed by atoms with Crippen LogP contribution in [0.2, 0.25) is 0 Å². The monoisotopic (exact) mass is 348 g/mol. The Kier molecular flexibility index (Phi) is 6.91. The van der Waals surface area contributed by atoms with Crippen molar-refractivity contribution in [2.75, 3.05) is 13.1 Å². The maximum Gasteiger partial charge on any atom is 0.326 e. The second-order valence-electron chi connectivity index (χ2n) is 6.09. The van der Waals surface area contributed by atoms with E-state index in [1.54, 1.807) is 0 Å². The molecule has 6 N–H and O–H groups in total. The number of aliphatic carboxylic acids is 1. The third-order valence-corrected chi connectivity index (χ3v) is 4.18. The first-order valence-electron chi connectivity index (χ1n) is 8.29. The van der Waals surface area contributed by atoms with Crippen molar-refractivity contribution in [3.63, 3.8) is 0 Å². The van der Waals surface area contributed by atoms with E-state index >= 15 is 0 Å². The minimum Gasteiger partial charge on any atom is -0.480 e. The van der Waals surface area contributed by atoms with Crippen LogP contribution in [0.4, 0.5) is 0 Å². The molecular formula is C17H24N4O4. The van der Waals surface area contributed by atoms with Gasteiger partial charge in [0.15, 0.2) is 0 Å². The molecule has 2 rings (SSSR count). The summed E-state index contributed by atoms with van der Waals surface area (Å²) in [5.41, 5.74) is 6.27. The molecule has 1 aliphatic rings. The lowest BCUT2D eigenvalue weighted by Gasteiger charge is -2.18. The molecule has 1 heterocycles. The number of amides is 2. The number of nitrogens with two attached hydrogens (primary N) is 1. The number of carboxylic acids is 1. The molecular weight excluding hydrogens is 324 g/mol. The van der Waals surface area contributed by atoms with E-state index in [9.17, 15) is 19.5 Å². The van der Waals surface area contributed by atoms with E-state index in [4.69, 9.17) is 5.73 Å². The smallest absolute Gasteiger partial charge is 0.326 e. The summed E-state index contributed by atoms with van der Waals surface area (Å²) in [6, 6.07) is 7.86. The highest BCUT2D eigenvalue weighted by molar-refractivity contribution is 5.87. The normalized spacial score (nSPS) is 20.7. The fourth-order valence-electron chi connectivity index (χ4n) is 2.82. The van der Waals surface area contributed by atoms with Gasteiger partial charge in [-0.05, 0) is 24.8 Å². The van der Waals surface area contributed by atoms with Crippen LogP contribution >= 0.6 is 0 Å². The summed E-state index contributed by atoms with van der Waals surface area (Å²) in [5.74, 6) is -1.71. The van der Waals surface area contributed by atoms with E-state index in [-0.39, 0.29) is 24.4 Å². The van der Waals surface area contributed by atoms with Gasteiger partial charge in [0.25, 0.3) is 0 Å². The number of rotatable bonds is 8. The fraction of sp³-hybridized carbons (Fsp3) is 0.471. The Morgan fingerprint density at radius 3 is 2.64 bits per heavy atom. The standard InChI is InChI=1S/C17H24N4O4/c18-9-15(22)20-12-8-14(19-10-12)16(23)21-13(17(24)25)7-6-11-4-2-1-3-5-11/h1-5,12-14,19H,6-10,18H2,(H,20,22)(H,21,23)(H,24,25)/t12-,13-,14+/m1/s1. The molecule has 0 bridgehead atoms. The average Bonchev–Trinajstić information content (AvgIpc) is 3.07. The number of aryl methyl sites for hydroxylation is 1. The number of carbonyl (C=O) groups excluding carboxylic acids is 2. The molecule has 1 aliphatic heterocycles. The Balaban J connectivity index is 1.84. The maximum atomic E-state index is 12.3. The largest absolute Gasteiger partial charge is 0.480 e. The molecule has 0 saturated carbocycles. The molecule has 0 unspecified atom stereocenters. The summed E-state index contributed by atoms with van der Waals surface area (Å²) in [7, 11) is 0. The Labute approximate surface area is 146 Å².